The molecule has 1 aliphatic heterocycles. The first kappa shape index (κ1) is 16.4. The number of carbonyl (C=O) groups excluding carboxylic acids is 1. The Labute approximate surface area is 153 Å². The summed E-state index contributed by atoms with van der Waals surface area (Å²) in [5.74, 6) is -0.135. The number of hydrogen-bond acceptors (Lipinski definition) is 5. The van der Waals surface area contributed by atoms with Crippen molar-refractivity contribution in [1.29, 1.82) is 0 Å². The number of rotatable bonds is 3. The average molecular weight is 365 g/mol. The topological polar surface area (TPSA) is 75.4 Å². The Morgan fingerprint density at radius 2 is 1.73 bits per heavy atom. The molecule has 0 atom stereocenters. The fraction of sp³-hybridized carbons (Fsp3) is 0.105. The minimum atomic E-state index is -0.441. The number of nitrogens with zero attached hydrogens (tertiary/aromatic N) is 3. The Morgan fingerprint density at radius 3 is 2.42 bits per heavy atom. The van der Waals surface area contributed by atoms with Crippen molar-refractivity contribution in [2.75, 3.05) is 10.7 Å². The van der Waals surface area contributed by atoms with Gasteiger partial charge in [0, 0.05) is 23.5 Å². The predicted molar refractivity (Wildman–Crippen MR) is 100 cm³/mol. The number of para-hydroxylation sites is 1. The van der Waals surface area contributed by atoms with Crippen molar-refractivity contribution in [3.63, 3.8) is 0 Å². The number of fused-ring (bicyclic) bond motifs is 1. The lowest BCUT2D eigenvalue weighted by Crippen LogP contribution is -2.34. The summed E-state index contributed by atoms with van der Waals surface area (Å²) in [6.45, 7) is 0.501. The van der Waals surface area contributed by atoms with Crippen LogP contribution in [-0.4, -0.2) is 26.3 Å². The second kappa shape index (κ2) is 6.68. The molecule has 0 unspecified atom stereocenters. The van der Waals surface area contributed by atoms with Gasteiger partial charge in [0.1, 0.15) is 0 Å². The highest BCUT2D eigenvalue weighted by atomic mass is 32.2. The third-order valence-electron chi connectivity index (χ3n) is 4.10. The lowest BCUT2D eigenvalue weighted by Gasteiger charge is -2.23. The fourth-order valence-corrected chi connectivity index (χ4v) is 3.82. The summed E-state index contributed by atoms with van der Waals surface area (Å²) >= 11 is 1.41. The number of thioether (sulfide) groups is 1. The van der Waals surface area contributed by atoms with Gasteiger partial charge in [-0.3, -0.25) is 19.1 Å². The molecule has 0 aliphatic carbocycles. The van der Waals surface area contributed by atoms with Crippen LogP contribution in [0.3, 0.4) is 0 Å². The normalized spacial score (nSPS) is 12.6. The number of anilines is 2. The number of aromatic nitrogens is 2. The number of hydrogen-bond donors (Lipinski definition) is 1. The second-order valence-electron chi connectivity index (χ2n) is 5.71. The quantitative estimate of drug-likeness (QED) is 0.722. The average Bonchev–Trinajstić information content (AvgIpc) is 3.14. The molecular weight excluding hydrogens is 350 g/mol. The lowest BCUT2D eigenvalue weighted by molar-refractivity contribution is 0.0998. The van der Waals surface area contributed by atoms with Gasteiger partial charge in [-0.25, -0.2) is 0 Å². The van der Waals surface area contributed by atoms with E-state index in [4.69, 9.17) is 0 Å². The van der Waals surface area contributed by atoms with E-state index in [0.29, 0.717) is 28.7 Å². The molecule has 6 nitrogen and oxygen atoms in total. The van der Waals surface area contributed by atoms with E-state index >= 15 is 0 Å². The Balaban J connectivity index is 1.93. The van der Waals surface area contributed by atoms with Crippen molar-refractivity contribution in [2.24, 2.45) is 0 Å². The Bertz CT molecular complexity index is 1020. The standard InChI is InChI=1S/C19H15N3O3S/c23-16-15(18(25)21-11-12-26-19(21)20-16)22(14-9-5-2-6-10-14)17(24)13-7-3-1-4-8-13/h1-10,23H,11-12H2. The molecule has 1 aliphatic rings. The van der Waals surface area contributed by atoms with Crippen molar-refractivity contribution in [2.45, 2.75) is 11.7 Å². The van der Waals surface area contributed by atoms with Crippen molar-refractivity contribution in [1.82, 2.24) is 9.55 Å². The summed E-state index contributed by atoms with van der Waals surface area (Å²) in [5.41, 5.74) is 0.346. The molecule has 1 amide bonds. The summed E-state index contributed by atoms with van der Waals surface area (Å²) in [4.78, 5) is 31.5. The van der Waals surface area contributed by atoms with Crippen LogP contribution in [0.15, 0.2) is 70.6 Å². The first-order chi connectivity index (χ1) is 12.7. The van der Waals surface area contributed by atoms with Gasteiger partial charge < -0.3 is 5.11 Å². The van der Waals surface area contributed by atoms with Crippen LogP contribution in [0.4, 0.5) is 11.4 Å². The molecule has 4 rings (SSSR count). The molecule has 130 valence electrons. The molecule has 2 aromatic carbocycles. The van der Waals surface area contributed by atoms with Gasteiger partial charge in [-0.2, -0.15) is 4.98 Å². The summed E-state index contributed by atoms with van der Waals surface area (Å²) < 4.78 is 1.49. The molecule has 0 bridgehead atoms. The van der Waals surface area contributed by atoms with Gasteiger partial charge in [0.25, 0.3) is 11.5 Å². The van der Waals surface area contributed by atoms with Crippen molar-refractivity contribution < 1.29 is 9.90 Å². The Morgan fingerprint density at radius 1 is 1.08 bits per heavy atom. The van der Waals surface area contributed by atoms with Crippen LogP contribution in [0.2, 0.25) is 0 Å². The highest BCUT2D eigenvalue weighted by Gasteiger charge is 2.29. The highest BCUT2D eigenvalue weighted by molar-refractivity contribution is 7.99. The zero-order valence-electron chi connectivity index (χ0n) is 13.7. The van der Waals surface area contributed by atoms with Crippen LogP contribution in [0, 0.1) is 0 Å². The monoisotopic (exact) mass is 365 g/mol. The number of amides is 1. The third kappa shape index (κ3) is 2.76. The van der Waals surface area contributed by atoms with Gasteiger partial charge >= 0.3 is 0 Å². The molecule has 0 spiro atoms. The maximum absolute atomic E-state index is 13.2. The smallest absolute Gasteiger partial charge is 0.282 e. The second-order valence-corrected chi connectivity index (χ2v) is 6.78. The van der Waals surface area contributed by atoms with Gasteiger partial charge in [-0.1, -0.05) is 48.2 Å². The summed E-state index contributed by atoms with van der Waals surface area (Å²) in [6.07, 6.45) is 0. The van der Waals surface area contributed by atoms with E-state index in [1.165, 1.54) is 21.2 Å². The molecule has 0 saturated carbocycles. The molecule has 0 radical (unpaired) electrons. The summed E-state index contributed by atoms with van der Waals surface area (Å²) in [7, 11) is 0. The van der Waals surface area contributed by atoms with E-state index in [1.54, 1.807) is 48.5 Å². The first-order valence-electron chi connectivity index (χ1n) is 8.08. The zero-order chi connectivity index (χ0) is 18.1. The summed E-state index contributed by atoms with van der Waals surface area (Å²) in [5, 5.41) is 10.9. The molecule has 1 N–H and O–H groups in total. The van der Waals surface area contributed by atoms with Gasteiger partial charge in [0.2, 0.25) is 5.88 Å². The van der Waals surface area contributed by atoms with Crippen LogP contribution >= 0.6 is 11.8 Å². The highest BCUT2D eigenvalue weighted by Crippen LogP contribution is 2.33. The molecule has 2 heterocycles. The number of benzene rings is 2. The lowest BCUT2D eigenvalue weighted by atomic mass is 10.1. The summed E-state index contributed by atoms with van der Waals surface area (Å²) in [6, 6.07) is 17.4. The molecule has 1 aromatic heterocycles. The van der Waals surface area contributed by atoms with E-state index in [9.17, 15) is 14.7 Å². The Kier molecular flexibility index (Phi) is 4.22. The predicted octanol–water partition coefficient (Wildman–Crippen LogP) is 3.03. The van der Waals surface area contributed by atoms with Gasteiger partial charge in [-0.05, 0) is 24.3 Å². The van der Waals surface area contributed by atoms with E-state index < -0.39 is 17.3 Å². The number of carbonyl (C=O) groups is 1. The van der Waals surface area contributed by atoms with E-state index in [2.05, 4.69) is 4.98 Å². The maximum atomic E-state index is 13.2. The van der Waals surface area contributed by atoms with E-state index in [-0.39, 0.29) is 5.69 Å². The van der Waals surface area contributed by atoms with Gasteiger partial charge in [0.15, 0.2) is 10.8 Å². The number of aromatic hydroxyl groups is 1. The molecule has 7 heteroatoms. The molecule has 3 aromatic rings. The van der Waals surface area contributed by atoms with Crippen molar-refractivity contribution in [3.8, 4) is 5.88 Å². The zero-order valence-corrected chi connectivity index (χ0v) is 14.5. The fourth-order valence-electron chi connectivity index (χ4n) is 2.88. The third-order valence-corrected chi connectivity index (χ3v) is 5.06. The van der Waals surface area contributed by atoms with Crippen LogP contribution in [0.25, 0.3) is 0 Å². The van der Waals surface area contributed by atoms with E-state index in [1.807, 2.05) is 12.1 Å². The van der Waals surface area contributed by atoms with E-state index in [0.717, 1.165) is 0 Å². The van der Waals surface area contributed by atoms with Crippen LogP contribution in [-0.2, 0) is 6.54 Å². The maximum Gasteiger partial charge on any atom is 0.282 e. The van der Waals surface area contributed by atoms with Crippen molar-refractivity contribution in [3.05, 3.63) is 76.6 Å². The minimum absolute atomic E-state index is 0.128. The first-order valence-corrected chi connectivity index (χ1v) is 9.06. The van der Waals surface area contributed by atoms with Crippen molar-refractivity contribution >= 4 is 29.0 Å². The molecule has 0 fully saturated rings. The molecule has 0 saturated heterocycles. The van der Waals surface area contributed by atoms with Crippen LogP contribution in [0.1, 0.15) is 10.4 Å². The molecule has 26 heavy (non-hydrogen) atoms. The van der Waals surface area contributed by atoms with Gasteiger partial charge in [-0.15, -0.1) is 0 Å². The minimum Gasteiger partial charge on any atom is -0.492 e. The van der Waals surface area contributed by atoms with Gasteiger partial charge in [0.05, 0.1) is 0 Å². The molecular formula is C19H15N3O3S. The van der Waals surface area contributed by atoms with Crippen LogP contribution in [0.5, 0.6) is 5.88 Å². The Hall–Kier alpha value is -3.06. The van der Waals surface area contributed by atoms with Crippen LogP contribution < -0.4 is 10.5 Å². The largest absolute Gasteiger partial charge is 0.492 e. The SMILES string of the molecule is O=C(c1ccccc1)N(c1ccccc1)c1c(O)nc2n(c1=O)CCS2.